The van der Waals surface area contributed by atoms with Crippen LogP contribution in [0.2, 0.25) is 0 Å². The molecule has 0 atom stereocenters. The van der Waals surface area contributed by atoms with Crippen LogP contribution in [0.4, 0.5) is 0 Å². The van der Waals surface area contributed by atoms with Gasteiger partial charge in [0.15, 0.2) is 0 Å². The van der Waals surface area contributed by atoms with Crippen LogP contribution in [0.15, 0.2) is 134 Å². The predicted molar refractivity (Wildman–Crippen MR) is 229 cm³/mol. The van der Waals surface area contributed by atoms with Gasteiger partial charge in [-0.25, -0.2) is 14.6 Å². The van der Waals surface area contributed by atoms with Gasteiger partial charge in [0, 0.05) is 33.4 Å². The van der Waals surface area contributed by atoms with Crippen LogP contribution in [0, 0.1) is 0 Å². The molecule has 10 aromatic rings. The third kappa shape index (κ3) is 4.31. The molecule has 0 amide bonds. The second kappa shape index (κ2) is 11.1. The van der Waals surface area contributed by atoms with E-state index in [-0.39, 0.29) is 16.2 Å². The zero-order valence-corrected chi connectivity index (χ0v) is 32.8. The molecule has 56 heavy (non-hydrogen) atoms. The number of hydrogen-bond acceptors (Lipinski definition) is 3. The lowest BCUT2D eigenvalue weighted by atomic mass is 9.59. The summed E-state index contributed by atoms with van der Waals surface area (Å²) in [4.78, 5) is 10.3. The van der Waals surface area contributed by atoms with Gasteiger partial charge in [0.05, 0.1) is 56.4 Å². The largest absolute Gasteiger partial charge is 0.294 e. The first kappa shape index (κ1) is 32.9. The van der Waals surface area contributed by atoms with Crippen LogP contribution >= 0.6 is 0 Å². The molecule has 6 heterocycles. The predicted octanol–water partition coefficient (Wildman–Crippen LogP) is 11.6. The fourth-order valence-electron chi connectivity index (χ4n) is 9.32. The zero-order valence-electron chi connectivity index (χ0n) is 32.8. The minimum atomic E-state index is -0.200. The van der Waals surface area contributed by atoms with Crippen molar-refractivity contribution in [2.24, 2.45) is 0 Å². The van der Waals surface area contributed by atoms with Crippen molar-refractivity contribution in [1.29, 1.82) is 0 Å². The van der Waals surface area contributed by atoms with Gasteiger partial charge in [0.25, 0.3) is 0 Å². The highest BCUT2D eigenvalue weighted by Gasteiger charge is 2.48. The molecule has 0 fully saturated rings. The summed E-state index contributed by atoms with van der Waals surface area (Å²) in [6.07, 6.45) is 3.99. The number of rotatable bonds is 3. The van der Waals surface area contributed by atoms with E-state index in [0.29, 0.717) is 0 Å². The minimum absolute atomic E-state index is 0.0166. The molecule has 1 aliphatic heterocycles. The second-order valence-corrected chi connectivity index (χ2v) is 17.6. The molecule has 5 aromatic heterocycles. The van der Waals surface area contributed by atoms with E-state index >= 15 is 0 Å². The average Bonchev–Trinajstić information content (AvgIpc) is 3.95. The maximum atomic E-state index is 5.32. The van der Waals surface area contributed by atoms with E-state index in [1.165, 1.54) is 38.7 Å². The number of para-hydroxylation sites is 3. The molecule has 0 aliphatic carbocycles. The molecule has 0 spiro atoms. The Morgan fingerprint density at radius 1 is 0.607 bits per heavy atom. The highest BCUT2D eigenvalue weighted by molar-refractivity contribution is 6.13. The zero-order chi connectivity index (χ0) is 38.3. The van der Waals surface area contributed by atoms with Crippen LogP contribution < -0.4 is 0 Å². The molecule has 7 heteroatoms. The van der Waals surface area contributed by atoms with E-state index in [0.717, 1.165) is 56.1 Å². The summed E-state index contributed by atoms with van der Waals surface area (Å²) >= 11 is 0. The summed E-state index contributed by atoms with van der Waals surface area (Å²) in [5.74, 6) is 1.79. The monoisotopic (exact) mass is 729 g/mol. The van der Waals surface area contributed by atoms with Gasteiger partial charge in [-0.2, -0.15) is 5.10 Å². The van der Waals surface area contributed by atoms with Gasteiger partial charge >= 0.3 is 0 Å². The van der Waals surface area contributed by atoms with Crippen molar-refractivity contribution in [1.82, 2.24) is 33.3 Å². The maximum Gasteiger partial charge on any atom is 0.220 e. The normalized spacial score (nSPS) is 15.0. The van der Waals surface area contributed by atoms with Crippen LogP contribution in [0.25, 0.3) is 78.0 Å². The van der Waals surface area contributed by atoms with Crippen LogP contribution in [0.5, 0.6) is 0 Å². The van der Waals surface area contributed by atoms with E-state index < -0.39 is 0 Å². The highest BCUT2D eigenvalue weighted by Crippen LogP contribution is 2.53. The van der Waals surface area contributed by atoms with Gasteiger partial charge in [0.2, 0.25) is 5.78 Å². The quantitative estimate of drug-likeness (QED) is 0.182. The number of pyridine rings is 1. The standard InChI is InChI=1S/C49H43N7/c1-47(2,3)31-23-24-50-44(25-31)54-38-19-13-11-17-33(38)34-27-42-43(28-40(34)54)53(46-52-37-18-12-14-20-39(37)55(42)46)32-21-22-36-41(26-32)56-45(49(6,7)48(36,4)5)35(29-51-56)30-15-9-8-10-16-30/h8-29H,1-7H3. The van der Waals surface area contributed by atoms with E-state index in [2.05, 4.69) is 188 Å². The summed E-state index contributed by atoms with van der Waals surface area (Å²) in [5.41, 5.74) is 14.3. The molecule has 0 saturated carbocycles. The Morgan fingerprint density at radius 2 is 1.36 bits per heavy atom. The molecule has 0 N–H and O–H groups in total. The van der Waals surface area contributed by atoms with E-state index in [1.54, 1.807) is 0 Å². The Kier molecular flexibility index (Phi) is 6.51. The molecule has 0 unspecified atom stereocenters. The molecule has 1 aliphatic rings. The van der Waals surface area contributed by atoms with Gasteiger partial charge < -0.3 is 0 Å². The topological polar surface area (TPSA) is 57.9 Å². The Morgan fingerprint density at radius 3 is 2.16 bits per heavy atom. The molecule has 7 nitrogen and oxygen atoms in total. The molecule has 11 rings (SSSR count). The van der Waals surface area contributed by atoms with Crippen molar-refractivity contribution < 1.29 is 0 Å². The van der Waals surface area contributed by atoms with Crippen molar-refractivity contribution in [3.8, 4) is 28.3 Å². The van der Waals surface area contributed by atoms with Gasteiger partial charge in [-0.15, -0.1) is 0 Å². The Hall–Kier alpha value is -6.47. The van der Waals surface area contributed by atoms with Crippen molar-refractivity contribution in [3.63, 3.8) is 0 Å². The summed E-state index contributed by atoms with van der Waals surface area (Å²) in [6, 6.07) is 43.8. The molecule has 0 radical (unpaired) electrons. The lowest BCUT2D eigenvalue weighted by Gasteiger charge is -2.47. The highest BCUT2D eigenvalue weighted by atomic mass is 15.3. The van der Waals surface area contributed by atoms with Crippen molar-refractivity contribution in [2.45, 2.75) is 64.7 Å². The number of aromatic nitrogens is 7. The first-order valence-corrected chi connectivity index (χ1v) is 19.5. The van der Waals surface area contributed by atoms with Crippen LogP contribution in [0.3, 0.4) is 0 Å². The summed E-state index contributed by atoms with van der Waals surface area (Å²) in [7, 11) is 0. The summed E-state index contributed by atoms with van der Waals surface area (Å²) < 4.78 is 9.19. The van der Waals surface area contributed by atoms with Crippen LogP contribution in [0.1, 0.15) is 65.3 Å². The molecule has 274 valence electrons. The van der Waals surface area contributed by atoms with Gasteiger partial charge in [-0.3, -0.25) is 13.5 Å². The fourth-order valence-corrected chi connectivity index (χ4v) is 9.32. The third-order valence-electron chi connectivity index (χ3n) is 13.0. The fraction of sp³-hybridized carbons (Fsp3) is 0.204. The molecule has 5 aromatic carbocycles. The number of nitrogens with zero attached hydrogens (tertiary/aromatic N) is 7. The molecule has 0 bridgehead atoms. The molecule has 0 saturated heterocycles. The lowest BCUT2D eigenvalue weighted by molar-refractivity contribution is 0.276. The van der Waals surface area contributed by atoms with Crippen molar-refractivity contribution >= 4 is 49.7 Å². The Bertz CT molecular complexity index is 3230. The van der Waals surface area contributed by atoms with E-state index in [4.69, 9.17) is 15.1 Å². The minimum Gasteiger partial charge on any atom is -0.294 e. The lowest BCUT2D eigenvalue weighted by Crippen LogP contribution is -2.46. The summed E-state index contributed by atoms with van der Waals surface area (Å²) in [6.45, 7) is 16.2. The number of hydrogen-bond donors (Lipinski definition) is 0. The Labute approximate surface area is 325 Å². The Balaban J connectivity index is 1.23. The molecular weight excluding hydrogens is 687 g/mol. The molecular formula is C49H43N7. The first-order chi connectivity index (χ1) is 26.9. The van der Waals surface area contributed by atoms with Crippen LogP contribution in [-0.2, 0) is 16.2 Å². The average molecular weight is 730 g/mol. The number of benzene rings is 5. The number of imidazole rings is 2. The van der Waals surface area contributed by atoms with Crippen LogP contribution in [-0.4, -0.2) is 33.3 Å². The smallest absolute Gasteiger partial charge is 0.220 e. The van der Waals surface area contributed by atoms with Gasteiger partial charge in [-0.05, 0) is 76.7 Å². The number of fused-ring (bicyclic) bond motifs is 11. The van der Waals surface area contributed by atoms with Gasteiger partial charge in [0.1, 0.15) is 5.82 Å². The maximum absolute atomic E-state index is 5.32. The van der Waals surface area contributed by atoms with Crippen molar-refractivity contribution in [2.75, 3.05) is 0 Å². The first-order valence-electron chi connectivity index (χ1n) is 19.5. The van der Waals surface area contributed by atoms with Crippen molar-refractivity contribution in [3.05, 3.63) is 151 Å². The SMILES string of the molecule is CC(C)(C)c1ccnc(-n2c3ccccc3c3cc4c(cc32)n(-c2ccc3c(c2)-n2ncc(-c5ccccc5)c2C(C)(C)C3(C)C)c2nc3ccccc3n42)c1. The second-order valence-electron chi connectivity index (χ2n) is 17.6. The third-order valence-corrected chi connectivity index (χ3v) is 13.0. The summed E-state index contributed by atoms with van der Waals surface area (Å²) in [5, 5.41) is 7.50. The van der Waals surface area contributed by atoms with E-state index in [9.17, 15) is 0 Å². The van der Waals surface area contributed by atoms with E-state index in [1.807, 2.05) is 12.4 Å². The van der Waals surface area contributed by atoms with Gasteiger partial charge in [-0.1, -0.05) is 115 Å².